The van der Waals surface area contributed by atoms with Crippen molar-refractivity contribution in [2.75, 3.05) is 19.6 Å². The maximum atomic E-state index is 2.47. The van der Waals surface area contributed by atoms with Gasteiger partial charge in [0.15, 0.2) is 0 Å². The number of hydrogen-bond donors (Lipinski definition) is 0. The molecule has 1 heterocycles. The average Bonchev–Trinajstić information content (AvgIpc) is 3.59. The van der Waals surface area contributed by atoms with Crippen molar-refractivity contribution in [3.63, 3.8) is 0 Å². The largest absolute Gasteiger partial charge is 0.311 e. The number of para-hydroxylation sites is 4. The third kappa shape index (κ3) is 8.62. The van der Waals surface area contributed by atoms with Crippen LogP contribution in [0.15, 0.2) is 291 Å². The Labute approximate surface area is 445 Å². The number of rotatable bonds is 12. The van der Waals surface area contributed by atoms with E-state index in [1.807, 2.05) is 0 Å². The summed E-state index contributed by atoms with van der Waals surface area (Å²) in [4.78, 5) is 9.46. The van der Waals surface area contributed by atoms with Crippen LogP contribution in [-0.2, 0) is 0 Å². The van der Waals surface area contributed by atoms with Gasteiger partial charge in [0.25, 0.3) is 0 Å². The number of aryl methyl sites for hydroxylation is 2. The van der Waals surface area contributed by atoms with Crippen LogP contribution in [0.5, 0.6) is 0 Å². The van der Waals surface area contributed by atoms with Gasteiger partial charge in [-0.15, -0.1) is 0 Å². The second-order valence-corrected chi connectivity index (χ2v) is 19.6. The van der Waals surface area contributed by atoms with Gasteiger partial charge in [-0.1, -0.05) is 163 Å². The minimum atomic E-state index is 1.09. The summed E-state index contributed by atoms with van der Waals surface area (Å²) in [5, 5.41) is 2.43. The minimum absolute atomic E-state index is 1.09. The Morgan fingerprint density at radius 1 is 0.250 bits per heavy atom. The number of hydrogen-bond acceptors (Lipinski definition) is 4. The highest BCUT2D eigenvalue weighted by Gasteiger charge is 2.28. The first-order valence-corrected chi connectivity index (χ1v) is 26.1. The summed E-state index contributed by atoms with van der Waals surface area (Å²) in [6.45, 7) is 4.28. The molecule has 0 aliphatic carbocycles. The number of fused-ring (bicyclic) bond motifs is 2. The van der Waals surface area contributed by atoms with Crippen molar-refractivity contribution in [3.8, 4) is 33.4 Å². The van der Waals surface area contributed by atoms with Gasteiger partial charge in [0, 0.05) is 67.8 Å². The van der Waals surface area contributed by atoms with Crippen LogP contribution in [0.25, 0.3) is 44.2 Å². The van der Waals surface area contributed by atoms with Crippen LogP contribution in [0.4, 0.5) is 68.2 Å². The Kier molecular flexibility index (Phi) is 12.0. The van der Waals surface area contributed by atoms with Crippen molar-refractivity contribution in [3.05, 3.63) is 302 Å². The number of benzene rings is 12. The third-order valence-corrected chi connectivity index (χ3v) is 14.7. The molecular formula is C72H54N4. The molecule has 0 bridgehead atoms. The van der Waals surface area contributed by atoms with Gasteiger partial charge in [-0.2, -0.15) is 0 Å². The van der Waals surface area contributed by atoms with Crippen LogP contribution in [0.2, 0.25) is 0 Å². The fraction of sp³-hybridized carbons (Fsp3) is 0.0278. The Hall–Kier alpha value is -9.90. The summed E-state index contributed by atoms with van der Waals surface area (Å²) in [6, 6.07) is 106. The van der Waals surface area contributed by atoms with Gasteiger partial charge in [-0.25, -0.2) is 0 Å². The molecule has 0 fully saturated rings. The summed E-state index contributed by atoms with van der Waals surface area (Å²) >= 11 is 0. The second-order valence-electron chi connectivity index (χ2n) is 19.6. The van der Waals surface area contributed by atoms with Gasteiger partial charge in [-0.3, -0.25) is 0 Å². The van der Waals surface area contributed by atoms with Crippen LogP contribution in [-0.4, -0.2) is 0 Å². The molecule has 12 aromatic carbocycles. The Morgan fingerprint density at radius 3 is 1.16 bits per heavy atom. The number of anilines is 12. The standard InChI is InChI=1S/C72H54N4/c1-51-29-36-60(37-30-51)74(61-38-31-52(2)32-39-61)63-42-44-64(45-43-63)76-70-47-35-55(54-17-15-26-65(49-54)75(58-22-11-5-12-23-58)59-24-13-6-14-25-59)50-69(70)68-28-16-27-67-66(46-48-71(76)72(67)68)53-33-40-62(41-34-53)73(56-18-7-3-8-19-56)57-20-9-4-10-21-57/h3-50H,1-2H3. The molecule has 4 nitrogen and oxygen atoms in total. The van der Waals surface area contributed by atoms with E-state index in [4.69, 9.17) is 0 Å². The van der Waals surface area contributed by atoms with Crippen molar-refractivity contribution in [2.45, 2.75) is 13.8 Å². The van der Waals surface area contributed by atoms with Gasteiger partial charge < -0.3 is 19.6 Å². The molecule has 0 unspecified atom stereocenters. The number of nitrogens with zero attached hydrogens (tertiary/aromatic N) is 4. The monoisotopic (exact) mass is 974 g/mol. The lowest BCUT2D eigenvalue weighted by Crippen LogP contribution is -2.16. The maximum absolute atomic E-state index is 2.47. The molecule has 1 aliphatic heterocycles. The van der Waals surface area contributed by atoms with Crippen LogP contribution < -0.4 is 19.6 Å². The van der Waals surface area contributed by atoms with E-state index in [2.05, 4.69) is 325 Å². The highest BCUT2D eigenvalue weighted by molar-refractivity contribution is 6.17. The normalized spacial score (nSPS) is 11.5. The van der Waals surface area contributed by atoms with E-state index in [0.717, 1.165) is 84.9 Å². The van der Waals surface area contributed by atoms with E-state index in [9.17, 15) is 0 Å². The van der Waals surface area contributed by atoms with E-state index in [1.54, 1.807) is 0 Å². The quantitative estimate of drug-likeness (QED) is 0.121. The highest BCUT2D eigenvalue weighted by Crippen LogP contribution is 2.54. The summed E-state index contributed by atoms with van der Waals surface area (Å²) in [5.41, 5.74) is 22.8. The third-order valence-electron chi connectivity index (χ3n) is 14.7. The zero-order valence-corrected chi connectivity index (χ0v) is 42.5. The summed E-state index contributed by atoms with van der Waals surface area (Å²) in [5.74, 6) is 0. The molecule has 0 spiro atoms. The minimum Gasteiger partial charge on any atom is -0.311 e. The first-order valence-electron chi connectivity index (χ1n) is 26.1. The fourth-order valence-corrected chi connectivity index (χ4v) is 11.0. The predicted octanol–water partition coefficient (Wildman–Crippen LogP) is 20.7. The highest BCUT2D eigenvalue weighted by atomic mass is 15.2. The molecule has 0 atom stereocenters. The lowest BCUT2D eigenvalue weighted by atomic mass is 9.86. The maximum Gasteiger partial charge on any atom is 0.0546 e. The van der Waals surface area contributed by atoms with Crippen LogP contribution in [0.3, 0.4) is 0 Å². The zero-order chi connectivity index (χ0) is 51.0. The molecule has 0 amide bonds. The van der Waals surface area contributed by atoms with Gasteiger partial charge in [0.1, 0.15) is 0 Å². The van der Waals surface area contributed by atoms with Crippen molar-refractivity contribution in [1.82, 2.24) is 0 Å². The predicted molar refractivity (Wildman–Crippen MR) is 322 cm³/mol. The van der Waals surface area contributed by atoms with Crippen molar-refractivity contribution in [2.24, 2.45) is 0 Å². The summed E-state index contributed by atoms with van der Waals surface area (Å²) in [7, 11) is 0. The lowest BCUT2D eigenvalue weighted by molar-refractivity contribution is 1.25. The van der Waals surface area contributed by atoms with Gasteiger partial charge in [0.05, 0.1) is 11.4 Å². The molecular weight excluding hydrogens is 921 g/mol. The fourth-order valence-electron chi connectivity index (χ4n) is 11.0. The molecule has 13 rings (SSSR count). The van der Waals surface area contributed by atoms with Crippen LogP contribution in [0.1, 0.15) is 11.1 Å². The molecule has 12 aromatic rings. The molecule has 1 aliphatic rings. The van der Waals surface area contributed by atoms with Gasteiger partial charge in [0.2, 0.25) is 0 Å². The van der Waals surface area contributed by atoms with Crippen LogP contribution >= 0.6 is 0 Å². The molecule has 0 saturated heterocycles. The Balaban J connectivity index is 0.950. The van der Waals surface area contributed by atoms with E-state index < -0.39 is 0 Å². The summed E-state index contributed by atoms with van der Waals surface area (Å²) in [6.07, 6.45) is 0. The molecule has 0 radical (unpaired) electrons. The van der Waals surface area contributed by atoms with E-state index in [0.29, 0.717) is 0 Å². The van der Waals surface area contributed by atoms with Gasteiger partial charge >= 0.3 is 0 Å². The van der Waals surface area contributed by atoms with Crippen molar-refractivity contribution >= 4 is 79.0 Å². The van der Waals surface area contributed by atoms with Crippen molar-refractivity contribution < 1.29 is 0 Å². The Bertz CT molecular complexity index is 3850. The SMILES string of the molecule is Cc1ccc(N(c2ccc(C)cc2)c2ccc(N3c4ccc(-c5cccc(N(c6ccccc6)c6ccccc6)c5)cc4-c4cccc5c(-c6ccc(N(c7ccccc7)c7ccccc7)cc6)ccc3c45)cc2)cc1. The van der Waals surface area contributed by atoms with E-state index in [-0.39, 0.29) is 0 Å². The smallest absolute Gasteiger partial charge is 0.0546 e. The van der Waals surface area contributed by atoms with Crippen LogP contribution in [0, 0.1) is 13.8 Å². The zero-order valence-electron chi connectivity index (χ0n) is 42.5. The summed E-state index contributed by atoms with van der Waals surface area (Å²) < 4.78 is 0. The topological polar surface area (TPSA) is 13.0 Å². The molecule has 76 heavy (non-hydrogen) atoms. The second kappa shape index (κ2) is 19.8. The molecule has 0 aromatic heterocycles. The molecule has 0 saturated carbocycles. The Morgan fingerprint density at radius 2 is 0.645 bits per heavy atom. The molecule has 362 valence electrons. The lowest BCUT2D eigenvalue weighted by Gasteiger charge is -2.35. The first kappa shape index (κ1) is 45.9. The average molecular weight is 975 g/mol. The van der Waals surface area contributed by atoms with E-state index in [1.165, 1.54) is 38.6 Å². The molecule has 4 heteroatoms. The van der Waals surface area contributed by atoms with Crippen molar-refractivity contribution in [1.29, 1.82) is 0 Å². The van der Waals surface area contributed by atoms with Gasteiger partial charge in [-0.05, 0) is 187 Å². The molecule has 0 N–H and O–H groups in total. The first-order chi connectivity index (χ1) is 37.5. The van der Waals surface area contributed by atoms with E-state index >= 15 is 0 Å².